The molecule has 3 atom stereocenters. The highest BCUT2D eigenvalue weighted by Crippen LogP contribution is 2.35. The summed E-state index contributed by atoms with van der Waals surface area (Å²) < 4.78 is 1.19. The number of benzene rings is 1. The molecule has 3 unspecified atom stereocenters. The second-order valence-corrected chi connectivity index (χ2v) is 7.10. The molecule has 0 saturated heterocycles. The molecule has 3 heteroatoms. The molecule has 0 aromatic heterocycles. The summed E-state index contributed by atoms with van der Waals surface area (Å²) in [5, 5.41) is 0. The SMILES string of the molecule is CC1CC(C)CC(C(Cc2ccccc2Br)NN)C1. The Labute approximate surface area is 125 Å². The Morgan fingerprint density at radius 3 is 2.42 bits per heavy atom. The first-order chi connectivity index (χ1) is 9.10. The summed E-state index contributed by atoms with van der Waals surface area (Å²) in [6.07, 6.45) is 4.96. The van der Waals surface area contributed by atoms with Gasteiger partial charge in [0.2, 0.25) is 0 Å². The molecule has 0 amide bonds. The number of halogens is 1. The van der Waals surface area contributed by atoms with Gasteiger partial charge in [0.15, 0.2) is 0 Å². The molecule has 2 rings (SSSR count). The number of rotatable bonds is 4. The molecule has 1 fully saturated rings. The van der Waals surface area contributed by atoms with E-state index < -0.39 is 0 Å². The maximum atomic E-state index is 5.83. The molecule has 3 N–H and O–H groups in total. The van der Waals surface area contributed by atoms with Gasteiger partial charge >= 0.3 is 0 Å². The van der Waals surface area contributed by atoms with Crippen LogP contribution in [0.25, 0.3) is 0 Å². The van der Waals surface area contributed by atoms with E-state index in [4.69, 9.17) is 5.84 Å². The first-order valence-electron chi connectivity index (χ1n) is 7.29. The lowest BCUT2D eigenvalue weighted by molar-refractivity contribution is 0.175. The van der Waals surface area contributed by atoms with Crippen molar-refractivity contribution in [1.82, 2.24) is 5.43 Å². The van der Waals surface area contributed by atoms with E-state index in [1.807, 2.05) is 0 Å². The van der Waals surface area contributed by atoms with Crippen molar-refractivity contribution in [2.45, 2.75) is 45.6 Å². The number of hydrogen-bond acceptors (Lipinski definition) is 2. The minimum Gasteiger partial charge on any atom is -0.271 e. The predicted octanol–water partition coefficient (Wildman–Crippen LogP) is 3.90. The van der Waals surface area contributed by atoms with Crippen molar-refractivity contribution < 1.29 is 0 Å². The van der Waals surface area contributed by atoms with Crippen molar-refractivity contribution in [2.24, 2.45) is 23.6 Å². The molecule has 1 aromatic rings. The largest absolute Gasteiger partial charge is 0.271 e. The number of nitrogens with two attached hydrogens (primary N) is 1. The third-order valence-electron chi connectivity index (χ3n) is 4.40. The first-order valence-corrected chi connectivity index (χ1v) is 8.09. The fraction of sp³-hybridized carbons (Fsp3) is 0.625. The van der Waals surface area contributed by atoms with Crippen molar-refractivity contribution in [3.63, 3.8) is 0 Å². The number of hydrazine groups is 1. The van der Waals surface area contributed by atoms with Gasteiger partial charge in [-0.1, -0.05) is 48.0 Å². The molecule has 0 spiro atoms. The Kier molecular flexibility index (Phi) is 5.43. The van der Waals surface area contributed by atoms with Crippen molar-refractivity contribution in [3.05, 3.63) is 34.3 Å². The summed E-state index contributed by atoms with van der Waals surface area (Å²) in [7, 11) is 0. The number of hydrogen-bond donors (Lipinski definition) is 2. The first kappa shape index (κ1) is 15.0. The highest BCUT2D eigenvalue weighted by atomic mass is 79.9. The summed E-state index contributed by atoms with van der Waals surface area (Å²) in [6.45, 7) is 4.74. The van der Waals surface area contributed by atoms with Gasteiger partial charge in [-0.05, 0) is 55.1 Å². The predicted molar refractivity (Wildman–Crippen MR) is 84.6 cm³/mol. The molecule has 0 radical (unpaired) electrons. The van der Waals surface area contributed by atoms with E-state index in [9.17, 15) is 0 Å². The van der Waals surface area contributed by atoms with Gasteiger partial charge in [0, 0.05) is 10.5 Å². The number of nitrogens with one attached hydrogen (secondary N) is 1. The highest BCUT2D eigenvalue weighted by molar-refractivity contribution is 9.10. The van der Waals surface area contributed by atoms with E-state index in [1.54, 1.807) is 0 Å². The maximum absolute atomic E-state index is 5.83. The van der Waals surface area contributed by atoms with Crippen LogP contribution < -0.4 is 11.3 Å². The van der Waals surface area contributed by atoms with Gasteiger partial charge in [-0.3, -0.25) is 11.3 Å². The summed E-state index contributed by atoms with van der Waals surface area (Å²) in [5.74, 6) is 8.16. The zero-order valence-corrected chi connectivity index (χ0v) is 13.5. The van der Waals surface area contributed by atoms with Crippen LogP contribution in [0, 0.1) is 17.8 Å². The normalized spacial score (nSPS) is 29.2. The standard InChI is InChI=1S/C16H25BrN2/c1-11-7-12(2)9-14(8-11)16(19-18)10-13-5-3-4-6-15(13)17/h3-6,11-12,14,16,19H,7-10,18H2,1-2H3. The third-order valence-corrected chi connectivity index (χ3v) is 5.17. The summed E-state index contributed by atoms with van der Waals surface area (Å²) >= 11 is 3.63. The van der Waals surface area contributed by atoms with Gasteiger partial charge in [-0.25, -0.2) is 0 Å². The minimum atomic E-state index is 0.379. The average molecular weight is 325 g/mol. The van der Waals surface area contributed by atoms with E-state index in [0.717, 1.165) is 18.3 Å². The summed E-state index contributed by atoms with van der Waals surface area (Å²) in [5.41, 5.74) is 4.41. The van der Waals surface area contributed by atoms with Crippen molar-refractivity contribution in [1.29, 1.82) is 0 Å². The zero-order valence-electron chi connectivity index (χ0n) is 11.9. The van der Waals surface area contributed by atoms with Crippen LogP contribution in [-0.4, -0.2) is 6.04 Å². The Morgan fingerprint density at radius 2 is 1.84 bits per heavy atom. The van der Waals surface area contributed by atoms with E-state index in [2.05, 4.69) is 59.5 Å². The fourth-order valence-corrected chi connectivity index (χ4v) is 4.05. The van der Waals surface area contributed by atoms with Crippen LogP contribution in [0.15, 0.2) is 28.7 Å². The lowest BCUT2D eigenvalue weighted by atomic mass is 9.73. The van der Waals surface area contributed by atoms with Crippen LogP contribution in [0.2, 0.25) is 0 Å². The average Bonchev–Trinajstić information content (AvgIpc) is 2.36. The topological polar surface area (TPSA) is 38.0 Å². The van der Waals surface area contributed by atoms with Crippen LogP contribution in [0.3, 0.4) is 0 Å². The van der Waals surface area contributed by atoms with Crippen molar-refractivity contribution in [3.8, 4) is 0 Å². The maximum Gasteiger partial charge on any atom is 0.0279 e. The molecular weight excluding hydrogens is 300 g/mol. The molecule has 1 aliphatic carbocycles. The Hall–Kier alpha value is -0.380. The van der Waals surface area contributed by atoms with Gasteiger partial charge in [0.1, 0.15) is 0 Å². The van der Waals surface area contributed by atoms with E-state index in [1.165, 1.54) is 29.3 Å². The summed E-state index contributed by atoms with van der Waals surface area (Å²) in [6, 6.07) is 8.83. The zero-order chi connectivity index (χ0) is 13.8. The van der Waals surface area contributed by atoms with Crippen LogP contribution >= 0.6 is 15.9 Å². The van der Waals surface area contributed by atoms with Gasteiger partial charge < -0.3 is 0 Å². The van der Waals surface area contributed by atoms with Gasteiger partial charge in [-0.2, -0.15) is 0 Å². The second kappa shape index (κ2) is 6.87. The van der Waals surface area contributed by atoms with E-state index in [0.29, 0.717) is 12.0 Å². The van der Waals surface area contributed by atoms with Gasteiger partial charge in [0.25, 0.3) is 0 Å². The van der Waals surface area contributed by atoms with Crippen LogP contribution in [0.1, 0.15) is 38.7 Å². The summed E-state index contributed by atoms with van der Waals surface area (Å²) in [4.78, 5) is 0. The molecule has 19 heavy (non-hydrogen) atoms. The third kappa shape index (κ3) is 4.04. The van der Waals surface area contributed by atoms with Gasteiger partial charge in [-0.15, -0.1) is 0 Å². The lowest BCUT2D eigenvalue weighted by Gasteiger charge is -2.36. The Balaban J connectivity index is 2.05. The Bertz CT molecular complexity index is 397. The van der Waals surface area contributed by atoms with Crippen molar-refractivity contribution in [2.75, 3.05) is 0 Å². The lowest BCUT2D eigenvalue weighted by Crippen LogP contribution is -2.44. The quantitative estimate of drug-likeness (QED) is 0.651. The highest BCUT2D eigenvalue weighted by Gasteiger charge is 2.29. The minimum absolute atomic E-state index is 0.379. The van der Waals surface area contributed by atoms with E-state index >= 15 is 0 Å². The fourth-order valence-electron chi connectivity index (χ4n) is 3.60. The molecular formula is C16H25BrN2. The smallest absolute Gasteiger partial charge is 0.0279 e. The molecule has 0 heterocycles. The van der Waals surface area contributed by atoms with Crippen LogP contribution in [0.5, 0.6) is 0 Å². The monoisotopic (exact) mass is 324 g/mol. The molecule has 1 saturated carbocycles. The van der Waals surface area contributed by atoms with Gasteiger partial charge in [0.05, 0.1) is 0 Å². The van der Waals surface area contributed by atoms with E-state index in [-0.39, 0.29) is 0 Å². The molecule has 1 aliphatic rings. The molecule has 0 aliphatic heterocycles. The molecule has 1 aromatic carbocycles. The van der Waals surface area contributed by atoms with Crippen LogP contribution in [0.4, 0.5) is 0 Å². The van der Waals surface area contributed by atoms with Crippen molar-refractivity contribution >= 4 is 15.9 Å². The molecule has 2 nitrogen and oxygen atoms in total. The van der Waals surface area contributed by atoms with Crippen LogP contribution in [-0.2, 0) is 6.42 Å². The Morgan fingerprint density at radius 1 is 1.21 bits per heavy atom. The molecule has 106 valence electrons. The second-order valence-electron chi connectivity index (χ2n) is 6.25. The molecule has 0 bridgehead atoms.